The Kier molecular flexibility index (Phi) is 7.75. The molecule has 7 nitrogen and oxygen atoms in total. The molecule has 1 aromatic heterocycles. The van der Waals surface area contributed by atoms with E-state index in [9.17, 15) is 4.79 Å². The van der Waals surface area contributed by atoms with Crippen molar-refractivity contribution >= 4 is 45.5 Å². The third-order valence-electron chi connectivity index (χ3n) is 4.69. The van der Waals surface area contributed by atoms with Gasteiger partial charge in [0.25, 0.3) is 0 Å². The van der Waals surface area contributed by atoms with Crippen LogP contribution in [0.3, 0.4) is 0 Å². The van der Waals surface area contributed by atoms with Crippen LogP contribution >= 0.6 is 23.1 Å². The van der Waals surface area contributed by atoms with Crippen LogP contribution in [0, 0.1) is 6.92 Å². The molecule has 1 atom stereocenters. The van der Waals surface area contributed by atoms with Gasteiger partial charge < -0.3 is 20.1 Å². The zero-order valence-corrected chi connectivity index (χ0v) is 19.8. The fraction of sp³-hybridized carbons (Fsp3) is 0.318. The van der Waals surface area contributed by atoms with Crippen LogP contribution < -0.4 is 20.1 Å². The molecule has 0 saturated heterocycles. The van der Waals surface area contributed by atoms with Crippen LogP contribution in [-0.2, 0) is 11.2 Å². The number of aromatic nitrogens is 2. The van der Waals surface area contributed by atoms with Gasteiger partial charge in [0.1, 0.15) is 11.5 Å². The van der Waals surface area contributed by atoms with E-state index in [4.69, 9.17) is 9.47 Å². The molecule has 31 heavy (non-hydrogen) atoms. The summed E-state index contributed by atoms with van der Waals surface area (Å²) in [7, 11) is 3.14. The van der Waals surface area contributed by atoms with Gasteiger partial charge in [-0.05, 0) is 43.5 Å². The lowest BCUT2D eigenvalue weighted by molar-refractivity contribution is -0.115. The molecule has 1 amide bonds. The number of benzene rings is 2. The number of rotatable bonds is 9. The lowest BCUT2D eigenvalue weighted by atomic mass is 10.1. The van der Waals surface area contributed by atoms with E-state index in [1.807, 2.05) is 6.92 Å². The molecule has 0 bridgehead atoms. The van der Waals surface area contributed by atoms with Gasteiger partial charge >= 0.3 is 0 Å². The van der Waals surface area contributed by atoms with Gasteiger partial charge in [-0.3, -0.25) is 4.79 Å². The van der Waals surface area contributed by atoms with E-state index >= 15 is 0 Å². The third kappa shape index (κ3) is 5.68. The molecular weight excluding hydrogens is 432 g/mol. The Labute approximate surface area is 190 Å². The maximum Gasteiger partial charge on any atom is 0.237 e. The first-order valence-electron chi connectivity index (χ1n) is 9.83. The Bertz CT molecular complexity index is 1050. The quantitative estimate of drug-likeness (QED) is 0.421. The van der Waals surface area contributed by atoms with Crippen molar-refractivity contribution in [1.29, 1.82) is 0 Å². The van der Waals surface area contributed by atoms with Crippen LogP contribution in [0.25, 0.3) is 0 Å². The smallest absolute Gasteiger partial charge is 0.237 e. The Morgan fingerprint density at radius 3 is 2.71 bits per heavy atom. The van der Waals surface area contributed by atoms with Crippen molar-refractivity contribution in [2.45, 2.75) is 36.8 Å². The van der Waals surface area contributed by atoms with E-state index in [0.29, 0.717) is 22.3 Å². The van der Waals surface area contributed by atoms with Gasteiger partial charge in [-0.1, -0.05) is 48.2 Å². The van der Waals surface area contributed by atoms with E-state index in [1.54, 1.807) is 32.4 Å². The minimum absolute atomic E-state index is 0.159. The lowest BCUT2D eigenvalue weighted by Crippen LogP contribution is -2.22. The molecule has 1 heterocycles. The molecule has 3 rings (SSSR count). The molecule has 164 valence electrons. The van der Waals surface area contributed by atoms with Gasteiger partial charge in [0.2, 0.25) is 11.0 Å². The first kappa shape index (κ1) is 22.9. The summed E-state index contributed by atoms with van der Waals surface area (Å²) in [6.45, 7) is 6.02. The number of anilines is 3. The molecule has 9 heteroatoms. The molecule has 2 aromatic carbocycles. The van der Waals surface area contributed by atoms with Crippen molar-refractivity contribution in [3.05, 3.63) is 47.5 Å². The first-order valence-corrected chi connectivity index (χ1v) is 11.5. The van der Waals surface area contributed by atoms with Crippen LogP contribution in [0.5, 0.6) is 11.5 Å². The van der Waals surface area contributed by atoms with Crippen molar-refractivity contribution < 1.29 is 14.3 Å². The van der Waals surface area contributed by atoms with E-state index in [0.717, 1.165) is 22.0 Å². The molecule has 0 spiro atoms. The number of para-hydroxylation sites is 1. The van der Waals surface area contributed by atoms with Crippen molar-refractivity contribution in [3.8, 4) is 11.5 Å². The van der Waals surface area contributed by atoms with Crippen LogP contribution in [0.15, 0.2) is 40.7 Å². The standard InChI is InChI=1S/C22H26N4O3S2/c1-6-15-9-7-8-13(2)19(15)24-21-25-26-22(31-21)30-14(3)20(27)23-17-12-16(28-4)10-11-18(17)29-5/h7-12,14H,6H2,1-5H3,(H,23,27)(H,24,25)/t14-/m1/s1. The van der Waals surface area contributed by atoms with Gasteiger partial charge in [0.05, 0.1) is 25.2 Å². The number of carbonyl (C=O) groups excluding carboxylic acids is 1. The number of amides is 1. The topological polar surface area (TPSA) is 85.4 Å². The second-order valence-electron chi connectivity index (χ2n) is 6.78. The number of methoxy groups -OCH3 is 2. The molecule has 0 aliphatic carbocycles. The van der Waals surface area contributed by atoms with E-state index < -0.39 is 0 Å². The van der Waals surface area contributed by atoms with Crippen LogP contribution in [0.2, 0.25) is 0 Å². The number of nitrogens with one attached hydrogen (secondary N) is 2. The maximum absolute atomic E-state index is 12.7. The summed E-state index contributed by atoms with van der Waals surface area (Å²) in [5, 5.41) is 15.1. The van der Waals surface area contributed by atoms with Crippen molar-refractivity contribution in [3.63, 3.8) is 0 Å². The molecule has 0 aliphatic rings. The highest BCUT2D eigenvalue weighted by Crippen LogP contribution is 2.34. The fourth-order valence-corrected chi connectivity index (χ4v) is 4.87. The van der Waals surface area contributed by atoms with Crippen LogP contribution in [0.1, 0.15) is 25.0 Å². The molecule has 0 fully saturated rings. The first-order chi connectivity index (χ1) is 14.9. The number of nitrogens with zero attached hydrogens (tertiary/aromatic N) is 2. The number of thioether (sulfide) groups is 1. The zero-order valence-electron chi connectivity index (χ0n) is 18.2. The summed E-state index contributed by atoms with van der Waals surface area (Å²) < 4.78 is 11.3. The van der Waals surface area contributed by atoms with E-state index in [2.05, 4.69) is 52.9 Å². The average Bonchev–Trinajstić information content (AvgIpc) is 3.21. The average molecular weight is 459 g/mol. The van der Waals surface area contributed by atoms with Gasteiger partial charge in [-0.15, -0.1) is 10.2 Å². The highest BCUT2D eigenvalue weighted by atomic mass is 32.2. The van der Waals surface area contributed by atoms with E-state index in [-0.39, 0.29) is 11.2 Å². The fourth-order valence-electron chi connectivity index (χ4n) is 2.97. The number of carbonyl (C=O) groups is 1. The molecule has 2 N–H and O–H groups in total. The molecule has 0 unspecified atom stereocenters. The van der Waals surface area contributed by atoms with Gasteiger partial charge in [-0.2, -0.15) is 0 Å². The van der Waals surface area contributed by atoms with Crippen LogP contribution in [0.4, 0.5) is 16.5 Å². The monoisotopic (exact) mass is 458 g/mol. The summed E-state index contributed by atoms with van der Waals surface area (Å²) in [6, 6.07) is 11.5. The van der Waals surface area contributed by atoms with Gasteiger partial charge in [-0.25, -0.2) is 0 Å². The highest BCUT2D eigenvalue weighted by molar-refractivity contribution is 8.02. The van der Waals surface area contributed by atoms with Gasteiger partial charge in [0.15, 0.2) is 4.34 Å². The zero-order chi connectivity index (χ0) is 22.4. The summed E-state index contributed by atoms with van der Waals surface area (Å²) in [6.07, 6.45) is 0.926. The summed E-state index contributed by atoms with van der Waals surface area (Å²) in [4.78, 5) is 12.7. The normalized spacial score (nSPS) is 11.6. The third-order valence-corrected chi connectivity index (χ3v) is 6.71. The number of hydrogen-bond donors (Lipinski definition) is 2. The SMILES string of the molecule is CCc1cccc(C)c1Nc1nnc(S[C@H](C)C(=O)Nc2cc(OC)ccc2OC)s1. The second kappa shape index (κ2) is 10.5. The van der Waals surface area contributed by atoms with Gasteiger partial charge in [0, 0.05) is 11.8 Å². The molecule has 3 aromatic rings. The van der Waals surface area contributed by atoms with Crippen molar-refractivity contribution in [2.24, 2.45) is 0 Å². The summed E-state index contributed by atoms with van der Waals surface area (Å²) >= 11 is 2.79. The Hall–Kier alpha value is -2.78. The molecular formula is C22H26N4O3S2. The Morgan fingerprint density at radius 2 is 2.00 bits per heavy atom. The minimum Gasteiger partial charge on any atom is -0.497 e. The van der Waals surface area contributed by atoms with E-state index in [1.165, 1.54) is 28.7 Å². The minimum atomic E-state index is -0.374. The number of ether oxygens (including phenoxy) is 2. The molecule has 0 aliphatic heterocycles. The lowest BCUT2D eigenvalue weighted by Gasteiger charge is -2.14. The number of hydrogen-bond acceptors (Lipinski definition) is 8. The predicted molar refractivity (Wildman–Crippen MR) is 127 cm³/mol. The van der Waals surface area contributed by atoms with Crippen molar-refractivity contribution in [1.82, 2.24) is 10.2 Å². The Morgan fingerprint density at radius 1 is 1.19 bits per heavy atom. The highest BCUT2D eigenvalue weighted by Gasteiger charge is 2.19. The maximum atomic E-state index is 12.7. The van der Waals surface area contributed by atoms with Crippen molar-refractivity contribution in [2.75, 3.05) is 24.9 Å². The molecule has 0 radical (unpaired) electrons. The Balaban J connectivity index is 1.66. The summed E-state index contributed by atoms with van der Waals surface area (Å²) in [5.41, 5.74) is 4.01. The summed E-state index contributed by atoms with van der Waals surface area (Å²) in [5.74, 6) is 1.05. The molecule has 0 saturated carbocycles. The number of aryl methyl sites for hydroxylation is 2. The predicted octanol–water partition coefficient (Wildman–Crippen LogP) is 5.29. The largest absolute Gasteiger partial charge is 0.497 e. The van der Waals surface area contributed by atoms with Crippen LogP contribution in [-0.4, -0.2) is 35.6 Å². The second-order valence-corrected chi connectivity index (χ2v) is 9.34.